The van der Waals surface area contributed by atoms with E-state index < -0.39 is 23.3 Å². The Hall–Kier alpha value is -1.26. The van der Waals surface area contributed by atoms with E-state index in [4.69, 9.17) is 28.3 Å². The lowest BCUT2D eigenvalue weighted by atomic mass is 9.86. The monoisotopic (exact) mass is 317 g/mol. The van der Waals surface area contributed by atoms with E-state index >= 15 is 0 Å². The number of amides is 1. The second kappa shape index (κ2) is 6.46. The van der Waals surface area contributed by atoms with E-state index in [9.17, 15) is 9.59 Å². The van der Waals surface area contributed by atoms with Gasteiger partial charge in [-0.25, -0.2) is 4.79 Å². The van der Waals surface area contributed by atoms with Crippen molar-refractivity contribution in [3.8, 4) is 0 Å². The summed E-state index contributed by atoms with van der Waals surface area (Å²) in [5.74, 6) is -1.50. The zero-order valence-corrected chi connectivity index (χ0v) is 13.0. The quantitative estimate of drug-likeness (QED) is 0.896. The highest BCUT2D eigenvalue weighted by Gasteiger charge is 2.32. The molecule has 0 radical (unpaired) electrons. The van der Waals surface area contributed by atoms with Crippen LogP contribution in [-0.2, 0) is 16.0 Å². The minimum Gasteiger partial charge on any atom is -0.480 e. The third kappa shape index (κ3) is 4.39. The molecular formula is C14H17Cl2NO3. The van der Waals surface area contributed by atoms with E-state index in [1.165, 1.54) is 0 Å². The van der Waals surface area contributed by atoms with Gasteiger partial charge in [0.25, 0.3) is 0 Å². The topological polar surface area (TPSA) is 66.4 Å². The van der Waals surface area contributed by atoms with Gasteiger partial charge < -0.3 is 10.4 Å². The molecule has 0 spiro atoms. The van der Waals surface area contributed by atoms with Gasteiger partial charge in [0.1, 0.15) is 6.04 Å². The summed E-state index contributed by atoms with van der Waals surface area (Å²) in [4.78, 5) is 23.2. The highest BCUT2D eigenvalue weighted by atomic mass is 35.5. The van der Waals surface area contributed by atoms with Crippen LogP contribution in [0.2, 0.25) is 10.0 Å². The van der Waals surface area contributed by atoms with Gasteiger partial charge in [-0.3, -0.25) is 4.79 Å². The lowest BCUT2D eigenvalue weighted by Gasteiger charge is -2.27. The molecule has 1 atom stereocenters. The molecule has 20 heavy (non-hydrogen) atoms. The van der Waals surface area contributed by atoms with Crippen LogP contribution < -0.4 is 5.32 Å². The summed E-state index contributed by atoms with van der Waals surface area (Å²) >= 11 is 12.0. The Labute approximate surface area is 128 Å². The second-order valence-electron chi connectivity index (χ2n) is 5.58. The van der Waals surface area contributed by atoms with Gasteiger partial charge in [0.05, 0.1) is 6.42 Å². The number of carbonyl (C=O) groups excluding carboxylic acids is 1. The summed E-state index contributed by atoms with van der Waals surface area (Å²) in [7, 11) is 0. The Morgan fingerprint density at radius 2 is 1.75 bits per heavy atom. The third-order valence-corrected chi connectivity index (χ3v) is 3.53. The fourth-order valence-electron chi connectivity index (χ4n) is 1.72. The number of carboxylic acids is 1. The van der Waals surface area contributed by atoms with E-state index in [0.29, 0.717) is 15.6 Å². The van der Waals surface area contributed by atoms with Gasteiger partial charge in [-0.1, -0.05) is 50.0 Å². The molecule has 1 rings (SSSR count). The highest BCUT2D eigenvalue weighted by molar-refractivity contribution is 6.36. The van der Waals surface area contributed by atoms with Crippen LogP contribution in [0.15, 0.2) is 18.2 Å². The summed E-state index contributed by atoms with van der Waals surface area (Å²) in [5.41, 5.74) is -0.0995. The Balaban J connectivity index is 2.84. The Morgan fingerprint density at radius 1 is 1.25 bits per heavy atom. The number of carboxylic acid groups (broad SMARTS) is 1. The van der Waals surface area contributed by atoms with Gasteiger partial charge in [0, 0.05) is 10.0 Å². The first-order valence-corrected chi connectivity index (χ1v) is 6.83. The molecule has 1 unspecified atom stereocenters. The van der Waals surface area contributed by atoms with Crippen molar-refractivity contribution in [1.29, 1.82) is 0 Å². The molecule has 1 amide bonds. The molecular weight excluding hydrogens is 301 g/mol. The minimum atomic E-state index is -1.07. The van der Waals surface area contributed by atoms with Gasteiger partial charge in [-0.05, 0) is 23.1 Å². The minimum absolute atomic E-state index is 0.0572. The molecule has 0 saturated heterocycles. The van der Waals surface area contributed by atoms with E-state index in [1.54, 1.807) is 39.0 Å². The zero-order chi connectivity index (χ0) is 15.5. The van der Waals surface area contributed by atoms with Crippen LogP contribution in [0.1, 0.15) is 26.3 Å². The van der Waals surface area contributed by atoms with E-state index in [-0.39, 0.29) is 6.42 Å². The number of halogens is 2. The SMILES string of the molecule is CC(C)(C)C(NC(=O)Cc1c(Cl)cccc1Cl)C(=O)O. The predicted octanol–water partition coefficient (Wildman–Crippen LogP) is 3.15. The van der Waals surface area contributed by atoms with Crippen molar-refractivity contribution < 1.29 is 14.7 Å². The predicted molar refractivity (Wildman–Crippen MR) is 79.2 cm³/mol. The largest absolute Gasteiger partial charge is 0.480 e. The van der Waals surface area contributed by atoms with Crippen LogP contribution in [0.3, 0.4) is 0 Å². The van der Waals surface area contributed by atoms with Gasteiger partial charge in [0.2, 0.25) is 5.91 Å². The van der Waals surface area contributed by atoms with Gasteiger partial charge in [0.15, 0.2) is 0 Å². The van der Waals surface area contributed by atoms with Gasteiger partial charge >= 0.3 is 5.97 Å². The maximum absolute atomic E-state index is 12.0. The third-order valence-electron chi connectivity index (χ3n) is 2.82. The number of hydrogen-bond donors (Lipinski definition) is 2. The maximum atomic E-state index is 12.0. The first-order valence-electron chi connectivity index (χ1n) is 6.08. The average Bonchev–Trinajstić information content (AvgIpc) is 2.29. The molecule has 0 fully saturated rings. The molecule has 0 aliphatic heterocycles. The number of rotatable bonds is 4. The van der Waals surface area contributed by atoms with Crippen LogP contribution in [0.5, 0.6) is 0 Å². The Morgan fingerprint density at radius 3 is 2.15 bits per heavy atom. The molecule has 0 saturated carbocycles. The molecule has 0 aromatic heterocycles. The van der Waals surface area contributed by atoms with Crippen molar-refractivity contribution in [3.05, 3.63) is 33.8 Å². The molecule has 1 aromatic carbocycles. The number of hydrogen-bond acceptors (Lipinski definition) is 2. The van der Waals surface area contributed by atoms with Crippen molar-refractivity contribution in [2.24, 2.45) is 5.41 Å². The molecule has 110 valence electrons. The Bertz CT molecular complexity index is 503. The highest BCUT2D eigenvalue weighted by Crippen LogP contribution is 2.25. The summed E-state index contributed by atoms with van der Waals surface area (Å²) in [6.07, 6.45) is -0.0572. The molecule has 1 aromatic rings. The normalized spacial score (nSPS) is 12.8. The number of nitrogens with one attached hydrogen (secondary N) is 1. The van der Waals surface area contributed by atoms with Crippen molar-refractivity contribution in [1.82, 2.24) is 5.32 Å². The van der Waals surface area contributed by atoms with Crippen LogP contribution in [0.4, 0.5) is 0 Å². The first kappa shape index (κ1) is 16.8. The summed E-state index contributed by atoms with van der Waals surface area (Å²) in [6.45, 7) is 5.23. The van der Waals surface area contributed by atoms with Gasteiger partial charge in [-0.2, -0.15) is 0 Å². The lowest BCUT2D eigenvalue weighted by Crippen LogP contribution is -2.49. The molecule has 6 heteroatoms. The molecule has 0 aliphatic rings. The number of carbonyl (C=O) groups is 2. The van der Waals surface area contributed by atoms with Crippen LogP contribution >= 0.6 is 23.2 Å². The number of aliphatic carboxylic acids is 1. The molecule has 4 nitrogen and oxygen atoms in total. The van der Waals surface area contributed by atoms with E-state index in [2.05, 4.69) is 5.32 Å². The molecule has 2 N–H and O–H groups in total. The molecule has 0 bridgehead atoms. The average molecular weight is 318 g/mol. The standard InChI is InChI=1S/C14H17Cl2NO3/c1-14(2,3)12(13(19)20)17-11(18)7-8-9(15)5-4-6-10(8)16/h4-6,12H,7H2,1-3H3,(H,17,18)(H,19,20). The summed E-state index contributed by atoms with van der Waals surface area (Å²) < 4.78 is 0. The second-order valence-corrected chi connectivity index (χ2v) is 6.40. The number of benzene rings is 1. The summed E-state index contributed by atoms with van der Waals surface area (Å²) in [6, 6.07) is 3.97. The molecule has 0 aliphatic carbocycles. The lowest BCUT2D eigenvalue weighted by molar-refractivity contribution is -0.144. The van der Waals surface area contributed by atoms with Crippen LogP contribution in [0, 0.1) is 5.41 Å². The zero-order valence-electron chi connectivity index (χ0n) is 11.5. The molecule has 0 heterocycles. The van der Waals surface area contributed by atoms with Crippen LogP contribution in [-0.4, -0.2) is 23.0 Å². The summed E-state index contributed by atoms with van der Waals surface area (Å²) in [5, 5.41) is 12.4. The fourth-order valence-corrected chi connectivity index (χ4v) is 2.25. The van der Waals surface area contributed by atoms with Crippen molar-refractivity contribution in [2.45, 2.75) is 33.2 Å². The maximum Gasteiger partial charge on any atom is 0.326 e. The fraction of sp³-hybridized carbons (Fsp3) is 0.429. The van der Waals surface area contributed by atoms with E-state index in [0.717, 1.165) is 0 Å². The van der Waals surface area contributed by atoms with Crippen molar-refractivity contribution in [2.75, 3.05) is 0 Å². The van der Waals surface area contributed by atoms with Crippen molar-refractivity contribution in [3.63, 3.8) is 0 Å². The van der Waals surface area contributed by atoms with Crippen molar-refractivity contribution >= 4 is 35.1 Å². The van der Waals surface area contributed by atoms with E-state index in [1.807, 2.05) is 0 Å². The van der Waals surface area contributed by atoms with Crippen LogP contribution in [0.25, 0.3) is 0 Å². The smallest absolute Gasteiger partial charge is 0.326 e. The first-order chi connectivity index (χ1) is 9.12. The van der Waals surface area contributed by atoms with Gasteiger partial charge in [-0.15, -0.1) is 0 Å². The Kier molecular flexibility index (Phi) is 5.42.